The predicted octanol–water partition coefficient (Wildman–Crippen LogP) is 2.65. The molecule has 94 valence electrons. The summed E-state index contributed by atoms with van der Waals surface area (Å²) in [6.45, 7) is 3.72. The van der Waals surface area contributed by atoms with Crippen LogP contribution < -0.4 is 5.32 Å². The van der Waals surface area contributed by atoms with Crippen LogP contribution in [0.15, 0.2) is 29.8 Å². The minimum atomic E-state index is -0.296. The monoisotopic (exact) mass is 262 g/mol. The largest absolute Gasteiger partial charge is 0.507 e. The van der Waals surface area contributed by atoms with E-state index >= 15 is 0 Å². The molecular weight excluding hydrogens is 248 g/mol. The van der Waals surface area contributed by atoms with Crippen molar-refractivity contribution in [2.45, 2.75) is 19.9 Å². The fourth-order valence-electron chi connectivity index (χ4n) is 1.62. The van der Waals surface area contributed by atoms with Crippen molar-refractivity contribution in [1.82, 2.24) is 10.3 Å². The van der Waals surface area contributed by atoms with E-state index < -0.39 is 0 Å². The Kier molecular flexibility index (Phi) is 3.62. The number of benzene rings is 1. The first-order valence-electron chi connectivity index (χ1n) is 5.58. The molecule has 1 atom stereocenters. The zero-order valence-electron chi connectivity index (χ0n) is 10.2. The summed E-state index contributed by atoms with van der Waals surface area (Å²) in [7, 11) is 0. The molecule has 0 aliphatic carbocycles. The Morgan fingerprint density at radius 2 is 2.28 bits per heavy atom. The van der Waals surface area contributed by atoms with Gasteiger partial charge in [-0.25, -0.2) is 4.98 Å². The molecule has 0 aliphatic heterocycles. The highest BCUT2D eigenvalue weighted by Crippen LogP contribution is 2.20. The van der Waals surface area contributed by atoms with Crippen molar-refractivity contribution < 1.29 is 9.90 Å². The van der Waals surface area contributed by atoms with E-state index in [2.05, 4.69) is 10.3 Å². The number of hydrogen-bond donors (Lipinski definition) is 2. The Morgan fingerprint density at radius 1 is 1.50 bits per heavy atom. The smallest absolute Gasteiger partial charge is 0.255 e. The maximum atomic E-state index is 12.0. The Bertz CT molecular complexity index is 552. The first-order valence-corrected chi connectivity index (χ1v) is 6.46. The lowest BCUT2D eigenvalue weighted by atomic mass is 10.1. The van der Waals surface area contributed by atoms with E-state index in [0.717, 1.165) is 10.6 Å². The number of nitrogens with zero attached hydrogens (tertiary/aromatic N) is 1. The van der Waals surface area contributed by atoms with Gasteiger partial charge < -0.3 is 10.4 Å². The van der Waals surface area contributed by atoms with Crippen LogP contribution >= 0.6 is 11.3 Å². The normalized spacial score (nSPS) is 12.1. The van der Waals surface area contributed by atoms with Crippen LogP contribution in [0.3, 0.4) is 0 Å². The van der Waals surface area contributed by atoms with Crippen LogP contribution in [0.4, 0.5) is 0 Å². The summed E-state index contributed by atoms with van der Waals surface area (Å²) in [4.78, 5) is 16.1. The van der Waals surface area contributed by atoms with Gasteiger partial charge in [-0.2, -0.15) is 0 Å². The van der Waals surface area contributed by atoms with E-state index in [0.29, 0.717) is 0 Å². The van der Waals surface area contributed by atoms with Crippen LogP contribution in [0.1, 0.15) is 33.9 Å². The molecule has 1 amide bonds. The van der Waals surface area contributed by atoms with Crippen molar-refractivity contribution in [1.29, 1.82) is 0 Å². The average molecular weight is 262 g/mol. The first-order chi connectivity index (χ1) is 8.58. The minimum Gasteiger partial charge on any atom is -0.507 e. The molecule has 1 aromatic heterocycles. The minimum absolute atomic E-state index is 0.00108. The van der Waals surface area contributed by atoms with Gasteiger partial charge in [-0.1, -0.05) is 6.07 Å². The predicted molar refractivity (Wildman–Crippen MR) is 70.8 cm³/mol. The SMILES string of the molecule is Cc1ccc(C(=O)NC(C)c2nccs2)c(O)c1. The van der Waals surface area contributed by atoms with Gasteiger partial charge in [-0.3, -0.25) is 4.79 Å². The standard InChI is InChI=1S/C13H14N2O2S/c1-8-3-4-10(11(16)7-8)12(17)15-9(2)13-14-5-6-18-13/h3-7,9,16H,1-2H3,(H,15,17). The van der Waals surface area contributed by atoms with Crippen LogP contribution in [-0.2, 0) is 0 Å². The van der Waals surface area contributed by atoms with E-state index in [-0.39, 0.29) is 23.3 Å². The molecule has 0 fully saturated rings. The number of carbonyl (C=O) groups excluding carboxylic acids is 1. The number of phenolic OH excluding ortho intramolecular Hbond substituents is 1. The second kappa shape index (κ2) is 5.18. The summed E-state index contributed by atoms with van der Waals surface area (Å²) < 4.78 is 0. The number of aromatic hydroxyl groups is 1. The topological polar surface area (TPSA) is 62.2 Å². The Morgan fingerprint density at radius 3 is 2.89 bits per heavy atom. The molecule has 0 aliphatic rings. The molecule has 0 saturated carbocycles. The summed E-state index contributed by atoms with van der Waals surface area (Å²) in [6, 6.07) is 4.82. The summed E-state index contributed by atoms with van der Waals surface area (Å²) >= 11 is 1.49. The van der Waals surface area contributed by atoms with Crippen molar-refractivity contribution in [2.24, 2.45) is 0 Å². The van der Waals surface area contributed by atoms with Gasteiger partial charge >= 0.3 is 0 Å². The average Bonchev–Trinajstić information content (AvgIpc) is 2.81. The molecule has 18 heavy (non-hydrogen) atoms. The van der Waals surface area contributed by atoms with E-state index in [4.69, 9.17) is 0 Å². The Balaban J connectivity index is 2.12. The van der Waals surface area contributed by atoms with E-state index in [1.54, 1.807) is 24.4 Å². The number of phenols is 1. The maximum Gasteiger partial charge on any atom is 0.255 e. The highest BCUT2D eigenvalue weighted by Gasteiger charge is 2.15. The third-order valence-corrected chi connectivity index (χ3v) is 3.53. The van der Waals surface area contributed by atoms with Crippen LogP contribution in [-0.4, -0.2) is 16.0 Å². The van der Waals surface area contributed by atoms with Crippen LogP contribution in [0.25, 0.3) is 0 Å². The molecule has 1 aromatic carbocycles. The lowest BCUT2D eigenvalue weighted by Gasteiger charge is -2.12. The van der Waals surface area contributed by atoms with E-state index in [9.17, 15) is 9.90 Å². The molecule has 0 bridgehead atoms. The lowest BCUT2D eigenvalue weighted by Crippen LogP contribution is -2.26. The second-order valence-electron chi connectivity index (χ2n) is 4.09. The van der Waals surface area contributed by atoms with Crippen molar-refractivity contribution >= 4 is 17.2 Å². The fraction of sp³-hybridized carbons (Fsp3) is 0.231. The van der Waals surface area contributed by atoms with Crippen molar-refractivity contribution in [2.75, 3.05) is 0 Å². The van der Waals surface area contributed by atoms with E-state index in [1.165, 1.54) is 11.3 Å². The van der Waals surface area contributed by atoms with Gasteiger partial charge in [0.25, 0.3) is 5.91 Å². The molecule has 2 aromatic rings. The van der Waals surface area contributed by atoms with Gasteiger partial charge in [0, 0.05) is 11.6 Å². The van der Waals surface area contributed by atoms with Gasteiger partial charge in [0.05, 0.1) is 11.6 Å². The summed E-state index contributed by atoms with van der Waals surface area (Å²) in [5.41, 5.74) is 1.20. The molecule has 0 radical (unpaired) electrons. The number of carbonyl (C=O) groups is 1. The molecule has 1 heterocycles. The number of aromatic nitrogens is 1. The van der Waals surface area contributed by atoms with Crippen molar-refractivity contribution in [3.63, 3.8) is 0 Å². The number of aryl methyl sites for hydroxylation is 1. The quantitative estimate of drug-likeness (QED) is 0.894. The number of nitrogens with one attached hydrogen (secondary N) is 1. The van der Waals surface area contributed by atoms with Crippen molar-refractivity contribution in [3.8, 4) is 5.75 Å². The van der Waals surface area contributed by atoms with Gasteiger partial charge in [-0.15, -0.1) is 11.3 Å². The molecular formula is C13H14N2O2S. The zero-order chi connectivity index (χ0) is 13.1. The van der Waals surface area contributed by atoms with Crippen LogP contribution in [0.5, 0.6) is 5.75 Å². The molecule has 4 nitrogen and oxygen atoms in total. The fourth-order valence-corrected chi connectivity index (χ4v) is 2.26. The zero-order valence-corrected chi connectivity index (χ0v) is 11.0. The Labute approximate surface area is 109 Å². The number of thiazole rings is 1. The van der Waals surface area contributed by atoms with Gasteiger partial charge in [0.15, 0.2) is 0 Å². The van der Waals surface area contributed by atoms with Crippen LogP contribution in [0, 0.1) is 6.92 Å². The molecule has 0 spiro atoms. The maximum absolute atomic E-state index is 12.0. The molecule has 1 unspecified atom stereocenters. The number of rotatable bonds is 3. The lowest BCUT2D eigenvalue weighted by molar-refractivity contribution is 0.0937. The molecule has 2 N–H and O–H groups in total. The van der Waals surface area contributed by atoms with Gasteiger partial charge in [-0.05, 0) is 31.5 Å². The summed E-state index contributed by atoms with van der Waals surface area (Å²) in [6.07, 6.45) is 1.70. The summed E-state index contributed by atoms with van der Waals surface area (Å²) in [5, 5.41) is 15.2. The number of hydrogen-bond acceptors (Lipinski definition) is 4. The Hall–Kier alpha value is -1.88. The van der Waals surface area contributed by atoms with Crippen LogP contribution in [0.2, 0.25) is 0 Å². The summed E-state index contributed by atoms with van der Waals surface area (Å²) in [5.74, 6) is -0.297. The number of amides is 1. The highest BCUT2D eigenvalue weighted by atomic mass is 32.1. The third kappa shape index (κ3) is 2.68. The first kappa shape index (κ1) is 12.6. The molecule has 2 rings (SSSR count). The highest BCUT2D eigenvalue weighted by molar-refractivity contribution is 7.09. The van der Waals surface area contributed by atoms with E-state index in [1.807, 2.05) is 19.2 Å². The van der Waals surface area contributed by atoms with Gasteiger partial charge in [0.2, 0.25) is 0 Å². The van der Waals surface area contributed by atoms with Gasteiger partial charge in [0.1, 0.15) is 10.8 Å². The molecule has 0 saturated heterocycles. The third-order valence-electron chi connectivity index (χ3n) is 2.57. The molecule has 5 heteroatoms. The second-order valence-corrected chi connectivity index (χ2v) is 5.01. The van der Waals surface area contributed by atoms with Crippen molar-refractivity contribution in [3.05, 3.63) is 45.9 Å².